The summed E-state index contributed by atoms with van der Waals surface area (Å²) >= 11 is 0. The topological polar surface area (TPSA) is 94.7 Å². The van der Waals surface area contributed by atoms with Gasteiger partial charge in [0.05, 0.1) is 18.4 Å². The van der Waals surface area contributed by atoms with Crippen molar-refractivity contribution < 1.29 is 19.1 Å². The summed E-state index contributed by atoms with van der Waals surface area (Å²) in [5.41, 5.74) is 5.39. The summed E-state index contributed by atoms with van der Waals surface area (Å²) in [5, 5.41) is 4.00. The second-order valence-electron chi connectivity index (χ2n) is 10.8. The standard InChI is InChI=1S/C35H30N4O4/c1-43-24-17-15-23(16-18-24)32-31-27(25-11-5-7-13-28(25)37-31)21-30-34(41)39(35(42)38(30)32)29-14-8-6-12-26(29)33(40)36-20-19-22-9-3-2-4-10-22/h2-18,30,32,37H,19-21H2,1H3,(H,36,40)/t30-,32+/m0/s1. The molecule has 2 aliphatic rings. The Bertz CT molecular complexity index is 1850. The van der Waals surface area contributed by atoms with Crippen molar-refractivity contribution in [3.8, 4) is 5.75 Å². The Balaban J connectivity index is 1.25. The van der Waals surface area contributed by atoms with Crippen molar-refractivity contribution in [1.29, 1.82) is 0 Å². The highest BCUT2D eigenvalue weighted by Gasteiger charge is 2.53. The van der Waals surface area contributed by atoms with Crippen molar-refractivity contribution in [2.75, 3.05) is 18.6 Å². The molecule has 4 aromatic carbocycles. The van der Waals surface area contributed by atoms with Gasteiger partial charge in [0.25, 0.3) is 11.8 Å². The first-order valence-corrected chi connectivity index (χ1v) is 14.4. The van der Waals surface area contributed by atoms with Crippen LogP contribution in [0.15, 0.2) is 103 Å². The third-order valence-electron chi connectivity index (χ3n) is 8.41. The van der Waals surface area contributed by atoms with Gasteiger partial charge in [0.1, 0.15) is 17.8 Å². The van der Waals surface area contributed by atoms with Crippen molar-refractivity contribution in [2.45, 2.75) is 24.9 Å². The number of benzene rings is 4. The molecule has 214 valence electrons. The summed E-state index contributed by atoms with van der Waals surface area (Å²) in [6.07, 6.45) is 1.04. The number of amides is 4. The van der Waals surface area contributed by atoms with Crippen molar-refractivity contribution in [1.82, 2.24) is 15.2 Å². The number of hydrogen-bond acceptors (Lipinski definition) is 4. The zero-order chi connectivity index (χ0) is 29.5. The van der Waals surface area contributed by atoms with Crippen LogP contribution in [0.5, 0.6) is 5.75 Å². The first-order chi connectivity index (χ1) is 21.0. The summed E-state index contributed by atoms with van der Waals surface area (Å²) in [6, 6.07) is 30.6. The summed E-state index contributed by atoms with van der Waals surface area (Å²) < 4.78 is 5.37. The lowest BCUT2D eigenvalue weighted by Crippen LogP contribution is -2.44. The normalized spacial score (nSPS) is 17.6. The van der Waals surface area contributed by atoms with E-state index < -0.39 is 18.1 Å². The van der Waals surface area contributed by atoms with E-state index in [1.807, 2.05) is 78.9 Å². The maximum atomic E-state index is 14.3. The van der Waals surface area contributed by atoms with Crippen LogP contribution in [0.4, 0.5) is 10.5 Å². The van der Waals surface area contributed by atoms with E-state index in [0.29, 0.717) is 25.1 Å². The summed E-state index contributed by atoms with van der Waals surface area (Å²) in [4.78, 5) is 48.3. The first-order valence-electron chi connectivity index (χ1n) is 14.4. The monoisotopic (exact) mass is 570 g/mol. The molecule has 2 aliphatic heterocycles. The molecule has 0 saturated carbocycles. The molecule has 4 amide bonds. The fourth-order valence-corrected chi connectivity index (χ4v) is 6.35. The second-order valence-corrected chi connectivity index (χ2v) is 10.8. The number of hydrogen-bond donors (Lipinski definition) is 2. The van der Waals surface area contributed by atoms with E-state index in [1.165, 1.54) is 4.90 Å². The fourth-order valence-electron chi connectivity index (χ4n) is 6.35. The van der Waals surface area contributed by atoms with Gasteiger partial charge >= 0.3 is 6.03 Å². The summed E-state index contributed by atoms with van der Waals surface area (Å²) in [5.74, 6) is 0.0227. The number of H-pyrrole nitrogens is 1. The number of aromatic amines is 1. The van der Waals surface area contributed by atoms with E-state index in [9.17, 15) is 14.4 Å². The van der Waals surface area contributed by atoms with E-state index in [-0.39, 0.29) is 23.1 Å². The van der Waals surface area contributed by atoms with Crippen molar-refractivity contribution in [2.24, 2.45) is 0 Å². The second kappa shape index (κ2) is 10.8. The van der Waals surface area contributed by atoms with Crippen LogP contribution in [-0.4, -0.2) is 47.4 Å². The molecular formula is C35H30N4O4. The Morgan fingerprint density at radius 1 is 0.907 bits per heavy atom. The Labute approximate surface area is 248 Å². The Morgan fingerprint density at radius 2 is 1.63 bits per heavy atom. The number of carbonyl (C=O) groups is 3. The molecule has 0 radical (unpaired) electrons. The Hall–Kier alpha value is -5.37. The van der Waals surface area contributed by atoms with Gasteiger partial charge in [-0.05, 0) is 53.4 Å². The SMILES string of the molecule is COc1ccc([C@@H]2c3[nH]c4ccccc4c3C[C@H]3C(=O)N(c4ccccc4C(=O)NCCc4ccccc4)C(=O)N23)cc1. The van der Waals surface area contributed by atoms with Crippen molar-refractivity contribution in [3.63, 3.8) is 0 Å². The van der Waals surface area contributed by atoms with Gasteiger partial charge in [-0.2, -0.15) is 0 Å². The lowest BCUT2D eigenvalue weighted by molar-refractivity contribution is -0.120. The van der Waals surface area contributed by atoms with E-state index in [1.54, 1.807) is 36.3 Å². The van der Waals surface area contributed by atoms with E-state index >= 15 is 0 Å². The van der Waals surface area contributed by atoms with Crippen molar-refractivity contribution in [3.05, 3.63) is 131 Å². The molecule has 8 heteroatoms. The number of methoxy groups -OCH3 is 1. The highest BCUT2D eigenvalue weighted by molar-refractivity contribution is 6.24. The Morgan fingerprint density at radius 3 is 2.42 bits per heavy atom. The van der Waals surface area contributed by atoms with Gasteiger partial charge < -0.3 is 15.0 Å². The summed E-state index contributed by atoms with van der Waals surface area (Å²) in [6.45, 7) is 0.426. The van der Waals surface area contributed by atoms with Crippen LogP contribution >= 0.6 is 0 Å². The molecule has 0 bridgehead atoms. The smallest absolute Gasteiger partial charge is 0.332 e. The number of imide groups is 1. The molecule has 1 aromatic heterocycles. The number of nitrogens with zero attached hydrogens (tertiary/aromatic N) is 2. The molecular weight excluding hydrogens is 540 g/mol. The van der Waals surface area contributed by atoms with E-state index in [2.05, 4.69) is 10.3 Å². The zero-order valence-corrected chi connectivity index (χ0v) is 23.6. The van der Waals surface area contributed by atoms with Gasteiger partial charge in [0.2, 0.25) is 0 Å². The number of rotatable bonds is 7. The molecule has 5 aromatic rings. The highest BCUT2D eigenvalue weighted by atomic mass is 16.5. The molecule has 2 N–H and O–H groups in total. The van der Waals surface area contributed by atoms with Gasteiger partial charge in [0.15, 0.2) is 0 Å². The van der Waals surface area contributed by atoms with Gasteiger partial charge in [-0.25, -0.2) is 9.69 Å². The number of nitrogens with one attached hydrogen (secondary N) is 2. The van der Waals surface area contributed by atoms with Crippen LogP contribution in [0.1, 0.15) is 38.8 Å². The van der Waals surface area contributed by atoms with Crippen LogP contribution in [-0.2, 0) is 17.6 Å². The number of ether oxygens (including phenoxy) is 1. The number of fused-ring (bicyclic) bond motifs is 4. The molecule has 2 atom stereocenters. The van der Waals surface area contributed by atoms with Gasteiger partial charge in [-0.15, -0.1) is 0 Å². The lowest BCUT2D eigenvalue weighted by atomic mass is 9.89. The first kappa shape index (κ1) is 26.5. The van der Waals surface area contributed by atoms with Gasteiger partial charge in [-0.1, -0.05) is 72.8 Å². The third kappa shape index (κ3) is 4.52. The van der Waals surface area contributed by atoms with Crippen LogP contribution in [0, 0.1) is 0 Å². The van der Waals surface area contributed by atoms with Crippen molar-refractivity contribution >= 4 is 34.4 Å². The predicted molar refractivity (Wildman–Crippen MR) is 164 cm³/mol. The molecule has 1 fully saturated rings. The molecule has 0 spiro atoms. The minimum Gasteiger partial charge on any atom is -0.497 e. The van der Waals surface area contributed by atoms with Gasteiger partial charge in [0, 0.05) is 29.6 Å². The van der Waals surface area contributed by atoms with E-state index in [0.717, 1.165) is 33.3 Å². The molecule has 0 aliphatic carbocycles. The van der Waals surface area contributed by atoms with Crippen LogP contribution in [0.3, 0.4) is 0 Å². The number of para-hydroxylation sites is 2. The fraction of sp³-hybridized carbons (Fsp3) is 0.171. The molecule has 43 heavy (non-hydrogen) atoms. The molecule has 7 rings (SSSR count). The Kier molecular flexibility index (Phi) is 6.66. The average Bonchev–Trinajstić information content (AvgIpc) is 3.54. The minimum absolute atomic E-state index is 0.280. The average molecular weight is 571 g/mol. The van der Waals surface area contributed by atoms with Crippen LogP contribution < -0.4 is 15.0 Å². The molecule has 3 heterocycles. The molecule has 1 saturated heterocycles. The maximum Gasteiger partial charge on any atom is 0.332 e. The minimum atomic E-state index is -0.722. The zero-order valence-electron chi connectivity index (χ0n) is 23.6. The molecule has 8 nitrogen and oxygen atoms in total. The van der Waals surface area contributed by atoms with Crippen LogP contribution in [0.2, 0.25) is 0 Å². The predicted octanol–water partition coefficient (Wildman–Crippen LogP) is 5.63. The lowest BCUT2D eigenvalue weighted by Gasteiger charge is -2.36. The number of carbonyl (C=O) groups excluding carboxylic acids is 3. The highest BCUT2D eigenvalue weighted by Crippen LogP contribution is 2.45. The van der Waals surface area contributed by atoms with Gasteiger partial charge in [-0.3, -0.25) is 14.5 Å². The maximum absolute atomic E-state index is 14.3. The number of aromatic nitrogens is 1. The number of anilines is 1. The molecule has 0 unspecified atom stereocenters. The van der Waals surface area contributed by atoms with Crippen LogP contribution in [0.25, 0.3) is 10.9 Å². The quantitative estimate of drug-likeness (QED) is 0.248. The number of urea groups is 1. The van der Waals surface area contributed by atoms with E-state index in [4.69, 9.17) is 4.74 Å². The largest absolute Gasteiger partial charge is 0.497 e. The third-order valence-corrected chi connectivity index (χ3v) is 8.41. The summed E-state index contributed by atoms with van der Waals surface area (Å²) in [7, 11) is 1.61.